The summed E-state index contributed by atoms with van der Waals surface area (Å²) in [5.41, 5.74) is 0. The fraction of sp³-hybridized carbons (Fsp3) is 0.111. The van der Waals surface area contributed by atoms with Gasteiger partial charge in [-0.2, -0.15) is 36.4 Å². The Hall–Kier alpha value is -0.791. The molecule has 12 heavy (non-hydrogen) atoms. The van der Waals surface area contributed by atoms with Crippen LogP contribution in [0.4, 0.5) is 0 Å². The van der Waals surface area contributed by atoms with Gasteiger partial charge in [0, 0.05) is 26.3 Å². The van der Waals surface area contributed by atoms with Crippen LogP contribution in [-0.4, -0.2) is 19.1 Å². The van der Waals surface area contributed by atoms with Gasteiger partial charge >= 0.3 is 0 Å². The van der Waals surface area contributed by atoms with E-state index in [1.165, 1.54) is 0 Å². The second-order valence-electron chi connectivity index (χ2n) is 1.89. The summed E-state index contributed by atoms with van der Waals surface area (Å²) < 4.78 is 0. The van der Waals surface area contributed by atoms with Crippen LogP contribution in [0.15, 0.2) is 40.3 Å². The summed E-state index contributed by atoms with van der Waals surface area (Å²) in [7, 11) is 0. The number of hydrogen-bond donors (Lipinski definition) is 0. The van der Waals surface area contributed by atoms with Crippen LogP contribution in [0.5, 0.6) is 0 Å². The monoisotopic (exact) mass is 338 g/mol. The molecule has 1 aromatic carbocycles. The molecule has 2 nitrogen and oxygen atoms in total. The van der Waals surface area contributed by atoms with Gasteiger partial charge in [-0.1, -0.05) is 0 Å². The predicted octanol–water partition coefficient (Wildman–Crippen LogP) is 1.58. The van der Waals surface area contributed by atoms with E-state index in [0.29, 0.717) is 0 Å². The van der Waals surface area contributed by atoms with Gasteiger partial charge in [0.25, 0.3) is 0 Å². The number of aliphatic imine (C=N–C) groups is 2. The fourth-order valence-corrected chi connectivity index (χ4v) is 0.578. The Balaban J connectivity index is 0.000000189. The van der Waals surface area contributed by atoms with E-state index >= 15 is 0 Å². The van der Waals surface area contributed by atoms with E-state index < -0.39 is 0 Å². The SMILES string of the molecule is C1=NC=NC1.[Ir].[c-]1ccccc1. The maximum atomic E-state index is 3.74. The van der Waals surface area contributed by atoms with Crippen molar-refractivity contribution in [2.24, 2.45) is 9.98 Å². The molecule has 0 aliphatic carbocycles. The van der Waals surface area contributed by atoms with Crippen molar-refractivity contribution in [1.82, 2.24) is 0 Å². The van der Waals surface area contributed by atoms with Crippen LogP contribution < -0.4 is 0 Å². The molecule has 1 aliphatic heterocycles. The molecule has 0 spiro atoms. The third-order valence-corrected chi connectivity index (χ3v) is 1.05. The van der Waals surface area contributed by atoms with E-state index in [0.717, 1.165) is 6.54 Å². The molecule has 0 saturated heterocycles. The number of hydrogen-bond acceptors (Lipinski definition) is 2. The Kier molecular flexibility index (Phi) is 7.76. The van der Waals surface area contributed by atoms with Crippen LogP contribution in [0.25, 0.3) is 0 Å². The zero-order valence-corrected chi connectivity index (χ0v) is 8.87. The maximum Gasteiger partial charge on any atom is 0.109 e. The molecule has 0 aromatic heterocycles. The van der Waals surface area contributed by atoms with Gasteiger partial charge in [0.1, 0.15) is 6.34 Å². The van der Waals surface area contributed by atoms with Crippen molar-refractivity contribution in [3.63, 3.8) is 0 Å². The van der Waals surface area contributed by atoms with Crippen molar-refractivity contribution in [1.29, 1.82) is 0 Å². The molecule has 1 heterocycles. The molecule has 0 amide bonds. The molecular formula is C9H9IrN2-. The van der Waals surface area contributed by atoms with Crippen molar-refractivity contribution in [2.45, 2.75) is 0 Å². The van der Waals surface area contributed by atoms with Crippen molar-refractivity contribution in [3.8, 4) is 0 Å². The van der Waals surface area contributed by atoms with Gasteiger partial charge in [-0.3, -0.25) is 4.99 Å². The topological polar surface area (TPSA) is 24.7 Å². The molecule has 0 fully saturated rings. The molecule has 0 atom stereocenters. The largest absolute Gasteiger partial charge is 0.268 e. The first-order valence-corrected chi connectivity index (χ1v) is 3.41. The van der Waals surface area contributed by atoms with Crippen molar-refractivity contribution >= 4 is 12.6 Å². The van der Waals surface area contributed by atoms with E-state index in [2.05, 4.69) is 16.1 Å². The third-order valence-electron chi connectivity index (χ3n) is 1.05. The van der Waals surface area contributed by atoms with Crippen molar-refractivity contribution in [2.75, 3.05) is 6.54 Å². The molecular weight excluding hydrogens is 328 g/mol. The summed E-state index contributed by atoms with van der Waals surface area (Å²) in [6.07, 6.45) is 3.32. The average Bonchev–Trinajstić information content (AvgIpc) is 2.64. The molecule has 0 saturated carbocycles. The molecule has 0 unspecified atom stereocenters. The second-order valence-corrected chi connectivity index (χ2v) is 1.89. The van der Waals surface area contributed by atoms with E-state index in [1.807, 2.05) is 30.3 Å². The Morgan fingerprint density at radius 2 is 1.83 bits per heavy atom. The molecule has 3 heteroatoms. The van der Waals surface area contributed by atoms with Crippen LogP contribution in [0, 0.1) is 6.07 Å². The van der Waals surface area contributed by atoms with E-state index in [9.17, 15) is 0 Å². The molecule has 1 aromatic rings. The van der Waals surface area contributed by atoms with Gasteiger partial charge in [0.05, 0.1) is 6.54 Å². The minimum absolute atomic E-state index is 0. The van der Waals surface area contributed by atoms with Gasteiger partial charge < -0.3 is 0 Å². The third kappa shape index (κ3) is 5.95. The number of rotatable bonds is 0. The smallest absolute Gasteiger partial charge is 0.109 e. The van der Waals surface area contributed by atoms with Crippen LogP contribution in [-0.2, 0) is 20.1 Å². The minimum atomic E-state index is 0. The minimum Gasteiger partial charge on any atom is -0.268 e. The van der Waals surface area contributed by atoms with Gasteiger partial charge in [-0.15, -0.1) is 0 Å². The molecule has 1 aliphatic rings. The molecule has 0 bridgehead atoms. The summed E-state index contributed by atoms with van der Waals surface area (Å²) in [6, 6.07) is 12.5. The molecule has 2 rings (SSSR count). The fourth-order valence-electron chi connectivity index (χ4n) is 0.578. The normalized spacial score (nSPS) is 11.3. The summed E-state index contributed by atoms with van der Waals surface area (Å²) in [4.78, 5) is 7.40. The Morgan fingerprint density at radius 3 is 2.00 bits per heavy atom. The molecule has 1 radical (unpaired) electrons. The Morgan fingerprint density at radius 1 is 1.08 bits per heavy atom. The Bertz CT molecular complexity index is 195. The summed E-state index contributed by atoms with van der Waals surface area (Å²) in [6.45, 7) is 0.778. The average molecular weight is 337 g/mol. The van der Waals surface area contributed by atoms with E-state index in [4.69, 9.17) is 0 Å². The van der Waals surface area contributed by atoms with Gasteiger partial charge in [0.2, 0.25) is 0 Å². The first kappa shape index (κ1) is 11.2. The van der Waals surface area contributed by atoms with Crippen LogP contribution >= 0.6 is 0 Å². The Labute approximate surface area is 85.8 Å². The van der Waals surface area contributed by atoms with Gasteiger partial charge in [0.15, 0.2) is 0 Å². The zero-order chi connectivity index (χ0) is 7.78. The summed E-state index contributed by atoms with van der Waals surface area (Å²) in [5, 5.41) is 0. The quantitative estimate of drug-likeness (QED) is 0.643. The van der Waals surface area contributed by atoms with Crippen LogP contribution in [0.1, 0.15) is 0 Å². The van der Waals surface area contributed by atoms with Crippen LogP contribution in [0.3, 0.4) is 0 Å². The first-order valence-electron chi connectivity index (χ1n) is 3.41. The van der Waals surface area contributed by atoms with Gasteiger partial charge in [-0.25, -0.2) is 4.99 Å². The second kappa shape index (κ2) is 8.31. The molecule has 0 N–H and O–H groups in total. The summed E-state index contributed by atoms with van der Waals surface area (Å²) >= 11 is 0. The number of benzene rings is 1. The van der Waals surface area contributed by atoms with Gasteiger partial charge in [-0.05, 0) is 0 Å². The van der Waals surface area contributed by atoms with E-state index in [-0.39, 0.29) is 20.1 Å². The zero-order valence-electron chi connectivity index (χ0n) is 6.48. The van der Waals surface area contributed by atoms with E-state index in [1.54, 1.807) is 12.6 Å². The predicted molar refractivity (Wildman–Crippen MR) is 47.1 cm³/mol. The maximum absolute atomic E-state index is 3.74. The van der Waals surface area contributed by atoms with Crippen molar-refractivity contribution < 1.29 is 20.1 Å². The standard InChI is InChI=1S/C6H5.C3H4N2.Ir/c1-2-4-6-5-3-1;1-2-5-3-4-1;/h1-5H;1,3H,2H2;/q-1;;. The molecule has 65 valence electrons. The van der Waals surface area contributed by atoms with Crippen LogP contribution in [0.2, 0.25) is 0 Å². The van der Waals surface area contributed by atoms with Crippen molar-refractivity contribution in [3.05, 3.63) is 36.4 Å². The first-order chi connectivity index (χ1) is 5.50. The number of nitrogens with zero attached hydrogens (tertiary/aromatic N) is 2. The summed E-state index contributed by atoms with van der Waals surface area (Å²) in [5.74, 6) is 0.